The summed E-state index contributed by atoms with van der Waals surface area (Å²) in [7, 11) is 0. The molecule has 3 N–H and O–H groups in total. The highest BCUT2D eigenvalue weighted by Gasteiger charge is 2.16. The molecule has 0 aliphatic carbocycles. The van der Waals surface area contributed by atoms with Gasteiger partial charge >= 0.3 is 0 Å². The van der Waals surface area contributed by atoms with E-state index in [0.717, 1.165) is 17.0 Å². The summed E-state index contributed by atoms with van der Waals surface area (Å²) in [5, 5.41) is 24.0. The summed E-state index contributed by atoms with van der Waals surface area (Å²) < 4.78 is 0. The lowest BCUT2D eigenvalue weighted by Crippen LogP contribution is -2.37. The minimum atomic E-state index is 0.166. The average Bonchev–Trinajstić information content (AvgIpc) is 2.95. The van der Waals surface area contributed by atoms with Gasteiger partial charge in [0.2, 0.25) is 0 Å². The molecule has 2 unspecified atom stereocenters. The molecule has 0 fully saturated rings. The second-order valence-corrected chi connectivity index (χ2v) is 5.69. The van der Waals surface area contributed by atoms with Crippen LogP contribution in [0, 0.1) is 0 Å². The molecular formula is C14H20N4OS. The first-order valence-electron chi connectivity index (χ1n) is 6.58. The smallest absolute Gasteiger partial charge is 0.117 e. The average molecular weight is 292 g/mol. The Morgan fingerprint density at radius 2 is 2.05 bits per heavy atom. The van der Waals surface area contributed by atoms with Crippen LogP contribution < -0.4 is 5.32 Å². The second-order valence-electron chi connectivity index (χ2n) is 4.61. The maximum atomic E-state index is 9.29. The Labute approximate surface area is 123 Å². The van der Waals surface area contributed by atoms with Crippen LogP contribution in [0.4, 0.5) is 0 Å². The highest BCUT2D eigenvalue weighted by Crippen LogP contribution is 2.19. The van der Waals surface area contributed by atoms with Gasteiger partial charge in [-0.25, -0.2) is 0 Å². The van der Waals surface area contributed by atoms with Crippen molar-refractivity contribution in [3.05, 3.63) is 36.0 Å². The van der Waals surface area contributed by atoms with Gasteiger partial charge in [0.15, 0.2) is 0 Å². The van der Waals surface area contributed by atoms with Crippen molar-refractivity contribution >= 4 is 11.8 Å². The number of rotatable bonds is 7. The largest absolute Gasteiger partial charge is 0.395 e. The summed E-state index contributed by atoms with van der Waals surface area (Å²) in [5.74, 6) is 0. The molecule has 1 aromatic carbocycles. The van der Waals surface area contributed by atoms with Crippen LogP contribution in [-0.4, -0.2) is 44.7 Å². The summed E-state index contributed by atoms with van der Waals surface area (Å²) in [6.07, 6.45) is 2.00. The number of thioether (sulfide) groups is 1. The van der Waals surface area contributed by atoms with E-state index in [9.17, 15) is 5.11 Å². The molecule has 0 saturated carbocycles. The van der Waals surface area contributed by atoms with Crippen LogP contribution in [0.1, 0.15) is 12.6 Å². The van der Waals surface area contributed by atoms with Crippen molar-refractivity contribution in [3.8, 4) is 11.3 Å². The van der Waals surface area contributed by atoms with Crippen LogP contribution in [0.3, 0.4) is 0 Å². The maximum Gasteiger partial charge on any atom is 0.117 e. The summed E-state index contributed by atoms with van der Waals surface area (Å²) >= 11 is 1.66. The third-order valence-corrected chi connectivity index (χ3v) is 4.46. The standard InChI is InChI=1S/C14H20N4OS/c1-10(13(9-19)20-2)15-8-12-14(17-18-16-12)11-6-4-3-5-7-11/h3-7,10,13,15,19H,8-9H2,1-2H3,(H,16,17,18). The molecule has 0 bridgehead atoms. The minimum Gasteiger partial charge on any atom is -0.395 e. The fourth-order valence-corrected chi connectivity index (χ4v) is 2.68. The van der Waals surface area contributed by atoms with Gasteiger partial charge in [0.25, 0.3) is 0 Å². The van der Waals surface area contributed by atoms with Crippen LogP contribution in [0.25, 0.3) is 11.3 Å². The third-order valence-electron chi connectivity index (χ3n) is 3.30. The molecule has 0 aliphatic rings. The molecular weight excluding hydrogens is 272 g/mol. The number of aromatic amines is 1. The van der Waals surface area contributed by atoms with Crippen LogP contribution in [0.5, 0.6) is 0 Å². The zero-order valence-electron chi connectivity index (χ0n) is 11.7. The molecule has 1 heterocycles. The van der Waals surface area contributed by atoms with Gasteiger partial charge in [-0.3, -0.25) is 0 Å². The number of hydrogen-bond donors (Lipinski definition) is 3. The summed E-state index contributed by atoms with van der Waals surface area (Å²) in [6.45, 7) is 2.86. The van der Waals surface area contributed by atoms with Crippen molar-refractivity contribution in [1.82, 2.24) is 20.7 Å². The highest BCUT2D eigenvalue weighted by molar-refractivity contribution is 7.99. The molecule has 1 aromatic heterocycles. The molecule has 0 spiro atoms. The van der Waals surface area contributed by atoms with E-state index in [0.29, 0.717) is 6.54 Å². The number of aliphatic hydroxyl groups excluding tert-OH is 1. The van der Waals surface area contributed by atoms with Crippen molar-refractivity contribution in [2.24, 2.45) is 0 Å². The number of nitrogens with one attached hydrogen (secondary N) is 2. The van der Waals surface area contributed by atoms with E-state index >= 15 is 0 Å². The van der Waals surface area contributed by atoms with E-state index in [1.807, 2.05) is 36.6 Å². The first kappa shape index (κ1) is 15.0. The molecule has 108 valence electrons. The van der Waals surface area contributed by atoms with Gasteiger partial charge in [-0.05, 0) is 13.2 Å². The van der Waals surface area contributed by atoms with E-state index in [1.54, 1.807) is 11.8 Å². The van der Waals surface area contributed by atoms with E-state index in [-0.39, 0.29) is 17.9 Å². The number of H-pyrrole nitrogens is 1. The lowest BCUT2D eigenvalue weighted by Gasteiger charge is -2.20. The Hall–Kier alpha value is -1.37. The Balaban J connectivity index is 2.03. The lowest BCUT2D eigenvalue weighted by atomic mass is 10.1. The lowest BCUT2D eigenvalue weighted by molar-refractivity contribution is 0.275. The molecule has 20 heavy (non-hydrogen) atoms. The monoisotopic (exact) mass is 292 g/mol. The maximum absolute atomic E-state index is 9.29. The molecule has 5 nitrogen and oxygen atoms in total. The molecule has 2 atom stereocenters. The summed E-state index contributed by atoms with van der Waals surface area (Å²) in [4.78, 5) is 0. The summed E-state index contributed by atoms with van der Waals surface area (Å²) in [5.41, 5.74) is 2.81. The van der Waals surface area contributed by atoms with Crippen molar-refractivity contribution in [3.63, 3.8) is 0 Å². The fourth-order valence-electron chi connectivity index (χ4n) is 2.03. The number of aromatic nitrogens is 3. The molecule has 0 radical (unpaired) electrons. The van der Waals surface area contributed by atoms with E-state index < -0.39 is 0 Å². The van der Waals surface area contributed by atoms with Crippen LogP contribution in [0.2, 0.25) is 0 Å². The van der Waals surface area contributed by atoms with Gasteiger partial charge < -0.3 is 10.4 Å². The topological polar surface area (TPSA) is 73.8 Å². The first-order valence-corrected chi connectivity index (χ1v) is 7.87. The normalized spacial score (nSPS) is 14.2. The molecule has 0 amide bonds. The Morgan fingerprint density at radius 3 is 2.70 bits per heavy atom. The Bertz CT molecular complexity index is 513. The molecule has 2 rings (SSSR count). The fraction of sp³-hybridized carbons (Fsp3) is 0.429. The zero-order chi connectivity index (χ0) is 14.4. The predicted octanol–water partition coefficient (Wildman–Crippen LogP) is 1.67. The van der Waals surface area contributed by atoms with Gasteiger partial charge in [-0.1, -0.05) is 30.3 Å². The Kier molecular flexibility index (Phi) is 5.58. The van der Waals surface area contributed by atoms with Gasteiger partial charge in [0.1, 0.15) is 11.4 Å². The van der Waals surface area contributed by atoms with Crippen molar-refractivity contribution in [2.45, 2.75) is 24.8 Å². The quantitative estimate of drug-likeness (QED) is 0.724. The molecule has 0 aliphatic heterocycles. The number of nitrogens with zero attached hydrogens (tertiary/aromatic N) is 2. The zero-order valence-corrected chi connectivity index (χ0v) is 12.5. The molecule has 0 saturated heterocycles. The van der Waals surface area contributed by atoms with Crippen LogP contribution in [-0.2, 0) is 6.54 Å². The SMILES string of the molecule is CSC(CO)C(C)NCc1n[nH]nc1-c1ccccc1. The van der Waals surface area contributed by atoms with Crippen LogP contribution in [0.15, 0.2) is 30.3 Å². The van der Waals surface area contributed by atoms with Crippen molar-refractivity contribution < 1.29 is 5.11 Å². The van der Waals surface area contributed by atoms with E-state index in [2.05, 4.69) is 27.7 Å². The predicted molar refractivity (Wildman–Crippen MR) is 82.5 cm³/mol. The third kappa shape index (κ3) is 3.59. The summed E-state index contributed by atoms with van der Waals surface area (Å²) in [6, 6.07) is 10.2. The van der Waals surface area contributed by atoms with E-state index in [4.69, 9.17) is 0 Å². The number of benzene rings is 1. The highest BCUT2D eigenvalue weighted by atomic mass is 32.2. The Morgan fingerprint density at radius 1 is 1.30 bits per heavy atom. The number of hydrogen-bond acceptors (Lipinski definition) is 5. The molecule has 6 heteroatoms. The van der Waals surface area contributed by atoms with Crippen molar-refractivity contribution in [1.29, 1.82) is 0 Å². The van der Waals surface area contributed by atoms with E-state index in [1.165, 1.54) is 0 Å². The molecule has 2 aromatic rings. The minimum absolute atomic E-state index is 0.166. The second kappa shape index (κ2) is 7.42. The van der Waals surface area contributed by atoms with Gasteiger partial charge in [-0.15, -0.1) is 0 Å². The van der Waals surface area contributed by atoms with Crippen LogP contribution >= 0.6 is 11.8 Å². The van der Waals surface area contributed by atoms with Gasteiger partial charge in [0.05, 0.1) is 6.61 Å². The number of aliphatic hydroxyl groups is 1. The van der Waals surface area contributed by atoms with Gasteiger partial charge in [0, 0.05) is 23.4 Å². The first-order chi connectivity index (χ1) is 9.76. The van der Waals surface area contributed by atoms with Gasteiger partial charge in [-0.2, -0.15) is 27.2 Å². The van der Waals surface area contributed by atoms with Crippen molar-refractivity contribution in [2.75, 3.05) is 12.9 Å².